The molecule has 0 bridgehead atoms. The Kier molecular flexibility index (Phi) is 3.19. The van der Waals surface area contributed by atoms with E-state index >= 15 is 0 Å². The standard InChI is InChI=1S/C16H17N3/c17-16-10-11-19(18-16)12-13-6-8-15(9-7-13)14-4-2-1-3-5-14/h1-9H,10-12H2,(H2,17,18). The highest BCUT2D eigenvalue weighted by molar-refractivity contribution is 5.81. The molecule has 0 amide bonds. The molecule has 2 N–H and O–H groups in total. The number of nitrogens with zero attached hydrogens (tertiary/aromatic N) is 2. The second-order valence-corrected chi connectivity index (χ2v) is 4.79. The summed E-state index contributed by atoms with van der Waals surface area (Å²) < 4.78 is 0. The van der Waals surface area contributed by atoms with Crippen LogP contribution >= 0.6 is 0 Å². The Morgan fingerprint density at radius 3 is 2.26 bits per heavy atom. The fourth-order valence-electron chi connectivity index (χ4n) is 2.28. The van der Waals surface area contributed by atoms with Crippen LogP contribution in [-0.4, -0.2) is 17.4 Å². The van der Waals surface area contributed by atoms with E-state index in [4.69, 9.17) is 5.73 Å². The second kappa shape index (κ2) is 5.14. The molecular formula is C16H17N3. The van der Waals surface area contributed by atoms with Gasteiger partial charge in [-0.15, -0.1) is 0 Å². The quantitative estimate of drug-likeness (QED) is 0.911. The van der Waals surface area contributed by atoms with Gasteiger partial charge in [0.15, 0.2) is 0 Å². The average Bonchev–Trinajstić information content (AvgIpc) is 2.86. The predicted octanol–water partition coefficient (Wildman–Crippen LogP) is 2.83. The van der Waals surface area contributed by atoms with Gasteiger partial charge in [0.25, 0.3) is 0 Å². The predicted molar refractivity (Wildman–Crippen MR) is 78.5 cm³/mol. The van der Waals surface area contributed by atoms with Gasteiger partial charge in [0.1, 0.15) is 5.84 Å². The van der Waals surface area contributed by atoms with E-state index in [9.17, 15) is 0 Å². The summed E-state index contributed by atoms with van der Waals surface area (Å²) in [7, 11) is 0. The van der Waals surface area contributed by atoms with Crippen LogP contribution in [0, 0.1) is 0 Å². The van der Waals surface area contributed by atoms with Crippen LogP contribution in [0.1, 0.15) is 12.0 Å². The van der Waals surface area contributed by atoms with Crippen LogP contribution in [0.4, 0.5) is 0 Å². The Balaban J connectivity index is 1.73. The lowest BCUT2D eigenvalue weighted by molar-refractivity contribution is 0.310. The normalized spacial score (nSPS) is 14.5. The molecule has 19 heavy (non-hydrogen) atoms. The maximum atomic E-state index is 5.69. The molecule has 0 saturated heterocycles. The lowest BCUT2D eigenvalue weighted by Gasteiger charge is -2.13. The first kappa shape index (κ1) is 11.8. The van der Waals surface area contributed by atoms with Gasteiger partial charge in [-0.2, -0.15) is 5.10 Å². The van der Waals surface area contributed by atoms with Gasteiger partial charge < -0.3 is 5.73 Å². The Morgan fingerprint density at radius 1 is 0.947 bits per heavy atom. The van der Waals surface area contributed by atoms with Gasteiger partial charge in [0.2, 0.25) is 0 Å². The number of hydrazone groups is 1. The zero-order valence-electron chi connectivity index (χ0n) is 10.8. The van der Waals surface area contributed by atoms with Gasteiger partial charge >= 0.3 is 0 Å². The molecule has 2 aromatic carbocycles. The van der Waals surface area contributed by atoms with Crippen LogP contribution in [0.25, 0.3) is 11.1 Å². The molecule has 2 aromatic rings. The molecule has 3 rings (SSSR count). The van der Waals surface area contributed by atoms with Gasteiger partial charge in [-0.1, -0.05) is 54.6 Å². The minimum Gasteiger partial charge on any atom is -0.386 e. The topological polar surface area (TPSA) is 41.6 Å². The highest BCUT2D eigenvalue weighted by Crippen LogP contribution is 2.20. The number of rotatable bonds is 3. The first-order chi connectivity index (χ1) is 9.31. The molecule has 0 atom stereocenters. The van der Waals surface area contributed by atoms with Gasteiger partial charge in [0, 0.05) is 13.0 Å². The maximum Gasteiger partial charge on any atom is 0.121 e. The van der Waals surface area contributed by atoms with E-state index in [-0.39, 0.29) is 0 Å². The van der Waals surface area contributed by atoms with Crippen LogP contribution in [0.3, 0.4) is 0 Å². The van der Waals surface area contributed by atoms with Crippen LogP contribution in [0.5, 0.6) is 0 Å². The summed E-state index contributed by atoms with van der Waals surface area (Å²) in [6, 6.07) is 19.0. The molecule has 96 valence electrons. The van der Waals surface area contributed by atoms with Gasteiger partial charge in [-0.05, 0) is 16.7 Å². The summed E-state index contributed by atoms with van der Waals surface area (Å²) in [6.45, 7) is 1.75. The molecule has 3 nitrogen and oxygen atoms in total. The van der Waals surface area contributed by atoms with Crippen molar-refractivity contribution >= 4 is 5.84 Å². The minimum atomic E-state index is 0.737. The summed E-state index contributed by atoms with van der Waals surface area (Å²) in [4.78, 5) is 0. The van der Waals surface area contributed by atoms with Gasteiger partial charge in [0.05, 0.1) is 6.54 Å². The zero-order chi connectivity index (χ0) is 13.1. The molecule has 1 aliphatic rings. The van der Waals surface area contributed by atoms with Crippen molar-refractivity contribution in [3.05, 3.63) is 60.2 Å². The minimum absolute atomic E-state index is 0.737. The molecule has 3 heteroatoms. The summed E-state index contributed by atoms with van der Waals surface area (Å²) in [5.74, 6) is 0.737. The van der Waals surface area contributed by atoms with Crippen LogP contribution in [-0.2, 0) is 6.54 Å². The van der Waals surface area contributed by atoms with Crippen molar-refractivity contribution in [2.24, 2.45) is 10.8 Å². The summed E-state index contributed by atoms with van der Waals surface area (Å²) in [5.41, 5.74) is 9.44. The third kappa shape index (κ3) is 2.76. The monoisotopic (exact) mass is 251 g/mol. The van der Waals surface area contributed by atoms with Crippen molar-refractivity contribution in [1.82, 2.24) is 5.01 Å². The lowest BCUT2D eigenvalue weighted by Crippen LogP contribution is -2.13. The molecule has 0 radical (unpaired) electrons. The van der Waals surface area contributed by atoms with Gasteiger partial charge in [-0.3, -0.25) is 5.01 Å². The number of hydrogen-bond donors (Lipinski definition) is 1. The van der Waals surface area contributed by atoms with Crippen molar-refractivity contribution < 1.29 is 0 Å². The van der Waals surface area contributed by atoms with E-state index in [0.717, 1.165) is 25.3 Å². The molecule has 0 aromatic heterocycles. The Morgan fingerprint density at radius 2 is 1.63 bits per heavy atom. The first-order valence-electron chi connectivity index (χ1n) is 6.53. The van der Waals surface area contributed by atoms with Crippen molar-refractivity contribution in [2.75, 3.05) is 6.54 Å². The molecule has 0 unspecified atom stereocenters. The van der Waals surface area contributed by atoms with E-state index in [0.29, 0.717) is 0 Å². The van der Waals surface area contributed by atoms with Crippen LogP contribution < -0.4 is 5.73 Å². The molecule has 0 fully saturated rings. The average molecular weight is 251 g/mol. The number of nitrogens with two attached hydrogens (primary N) is 1. The fraction of sp³-hybridized carbons (Fsp3) is 0.188. The molecule has 0 saturated carbocycles. The van der Waals surface area contributed by atoms with Crippen LogP contribution in [0.15, 0.2) is 59.7 Å². The number of amidine groups is 1. The van der Waals surface area contributed by atoms with Crippen molar-refractivity contribution in [1.29, 1.82) is 0 Å². The largest absolute Gasteiger partial charge is 0.386 e. The Labute approximate surface area is 113 Å². The van der Waals surface area contributed by atoms with E-state index in [1.54, 1.807) is 0 Å². The van der Waals surface area contributed by atoms with E-state index < -0.39 is 0 Å². The molecule has 0 spiro atoms. The van der Waals surface area contributed by atoms with E-state index in [2.05, 4.69) is 53.6 Å². The fourth-order valence-corrected chi connectivity index (χ4v) is 2.28. The highest BCUT2D eigenvalue weighted by atomic mass is 15.5. The lowest BCUT2D eigenvalue weighted by atomic mass is 10.0. The van der Waals surface area contributed by atoms with Crippen LogP contribution in [0.2, 0.25) is 0 Å². The van der Waals surface area contributed by atoms with Crippen molar-refractivity contribution in [3.8, 4) is 11.1 Å². The van der Waals surface area contributed by atoms with E-state index in [1.807, 2.05) is 11.1 Å². The SMILES string of the molecule is NC1=NN(Cc2ccc(-c3ccccc3)cc2)CC1. The molecule has 0 aliphatic carbocycles. The molecular weight excluding hydrogens is 234 g/mol. The first-order valence-corrected chi connectivity index (χ1v) is 6.53. The Hall–Kier alpha value is -2.29. The third-order valence-corrected chi connectivity index (χ3v) is 3.32. The molecule has 1 heterocycles. The second-order valence-electron chi connectivity index (χ2n) is 4.79. The van der Waals surface area contributed by atoms with E-state index in [1.165, 1.54) is 16.7 Å². The van der Waals surface area contributed by atoms with Crippen molar-refractivity contribution in [3.63, 3.8) is 0 Å². The Bertz CT molecular complexity index is 573. The zero-order valence-corrected chi connectivity index (χ0v) is 10.8. The summed E-state index contributed by atoms with van der Waals surface area (Å²) in [6.07, 6.45) is 0.877. The number of benzene rings is 2. The summed E-state index contributed by atoms with van der Waals surface area (Å²) in [5, 5.41) is 6.31. The number of hydrogen-bond acceptors (Lipinski definition) is 3. The third-order valence-electron chi connectivity index (χ3n) is 3.32. The van der Waals surface area contributed by atoms with Crippen molar-refractivity contribution in [2.45, 2.75) is 13.0 Å². The van der Waals surface area contributed by atoms with Gasteiger partial charge in [-0.25, -0.2) is 0 Å². The molecule has 1 aliphatic heterocycles. The smallest absolute Gasteiger partial charge is 0.121 e. The highest BCUT2D eigenvalue weighted by Gasteiger charge is 2.11. The summed E-state index contributed by atoms with van der Waals surface area (Å²) >= 11 is 0. The maximum absolute atomic E-state index is 5.69.